The topological polar surface area (TPSA) is 83.0 Å². The lowest BCUT2D eigenvalue weighted by atomic mass is 10.2. The fraction of sp³-hybridized carbons (Fsp3) is 0.316. The lowest BCUT2D eigenvalue weighted by molar-refractivity contribution is 0.0696. The number of nitrogens with zero attached hydrogens (tertiary/aromatic N) is 3. The molecule has 2 fully saturated rings. The van der Waals surface area contributed by atoms with Gasteiger partial charge in [0.25, 0.3) is 0 Å². The Labute approximate surface area is 150 Å². The van der Waals surface area contributed by atoms with Crippen molar-refractivity contribution in [3.8, 4) is 0 Å². The maximum absolute atomic E-state index is 12.4. The predicted molar refractivity (Wildman–Crippen MR) is 94.1 cm³/mol. The molecule has 1 amide bonds. The number of anilines is 1. The number of piperazine rings is 1. The number of carboxylic acid groups (broad SMARTS) is 1. The molecule has 2 saturated heterocycles. The van der Waals surface area contributed by atoms with E-state index in [1.165, 1.54) is 6.20 Å². The second kappa shape index (κ2) is 6.67. The number of hydrogen-bond donors (Lipinski definition) is 1. The van der Waals surface area contributed by atoms with Crippen molar-refractivity contribution in [1.29, 1.82) is 0 Å². The summed E-state index contributed by atoms with van der Waals surface area (Å²) >= 11 is 0. The highest BCUT2D eigenvalue weighted by atomic mass is 16.6. The van der Waals surface area contributed by atoms with Gasteiger partial charge in [-0.25, -0.2) is 14.6 Å². The lowest BCUT2D eigenvalue weighted by Crippen LogP contribution is -2.49. The third-order valence-electron chi connectivity index (χ3n) is 4.97. The maximum atomic E-state index is 12.4. The van der Waals surface area contributed by atoms with Crippen LogP contribution in [0.25, 0.3) is 0 Å². The van der Waals surface area contributed by atoms with Crippen molar-refractivity contribution in [3.05, 3.63) is 59.8 Å². The van der Waals surface area contributed by atoms with Crippen LogP contribution in [0.2, 0.25) is 0 Å². The number of aromatic nitrogens is 1. The number of likely N-dealkylation sites (tertiary alicyclic amines) is 1. The molecule has 26 heavy (non-hydrogen) atoms. The van der Waals surface area contributed by atoms with E-state index in [1.807, 2.05) is 30.3 Å². The minimum absolute atomic E-state index is 0.101. The van der Waals surface area contributed by atoms with Gasteiger partial charge in [-0.15, -0.1) is 0 Å². The SMILES string of the molecule is O=C(O)c1ccc(N2CC3C[C@H]2CN3C(=O)OCc2ccccc2)nc1. The van der Waals surface area contributed by atoms with Gasteiger partial charge < -0.3 is 19.6 Å². The summed E-state index contributed by atoms with van der Waals surface area (Å²) in [6, 6.07) is 13.2. The number of benzene rings is 1. The van der Waals surface area contributed by atoms with Gasteiger partial charge >= 0.3 is 12.1 Å². The normalized spacial score (nSPS) is 21.1. The highest BCUT2D eigenvalue weighted by Gasteiger charge is 2.46. The van der Waals surface area contributed by atoms with Crippen LogP contribution in [-0.2, 0) is 11.3 Å². The molecule has 4 rings (SSSR count). The average Bonchev–Trinajstić information content (AvgIpc) is 3.28. The molecule has 2 aliphatic rings. The molecule has 7 nitrogen and oxygen atoms in total. The zero-order chi connectivity index (χ0) is 18.1. The fourth-order valence-electron chi connectivity index (χ4n) is 3.66. The largest absolute Gasteiger partial charge is 0.478 e. The van der Waals surface area contributed by atoms with Crippen LogP contribution >= 0.6 is 0 Å². The summed E-state index contributed by atoms with van der Waals surface area (Å²) in [7, 11) is 0. The summed E-state index contributed by atoms with van der Waals surface area (Å²) in [5.74, 6) is -0.237. The van der Waals surface area contributed by atoms with E-state index in [-0.39, 0.29) is 30.3 Å². The van der Waals surface area contributed by atoms with E-state index >= 15 is 0 Å². The standard InChI is InChI=1S/C19H19N3O4/c23-18(24)14-6-7-17(20-9-14)21-10-16-8-15(21)11-22(16)19(25)26-12-13-4-2-1-3-5-13/h1-7,9,15-16H,8,10-12H2,(H,23,24)/t15-,16?/m0/s1. The first-order chi connectivity index (χ1) is 12.6. The van der Waals surface area contributed by atoms with Crippen LogP contribution in [0, 0.1) is 0 Å². The first-order valence-electron chi connectivity index (χ1n) is 8.55. The summed E-state index contributed by atoms with van der Waals surface area (Å²) < 4.78 is 5.44. The minimum atomic E-state index is -0.987. The number of fused-ring (bicyclic) bond motifs is 2. The van der Waals surface area contributed by atoms with Crippen molar-refractivity contribution in [2.75, 3.05) is 18.0 Å². The summed E-state index contributed by atoms with van der Waals surface area (Å²) in [6.07, 6.45) is 1.97. The Balaban J connectivity index is 1.35. The molecule has 2 atom stereocenters. The Morgan fingerprint density at radius 1 is 1.12 bits per heavy atom. The molecule has 2 aliphatic heterocycles. The van der Waals surface area contributed by atoms with Gasteiger partial charge in [0.2, 0.25) is 0 Å². The Morgan fingerprint density at radius 3 is 2.54 bits per heavy atom. The highest BCUT2D eigenvalue weighted by molar-refractivity contribution is 5.87. The van der Waals surface area contributed by atoms with E-state index in [0.29, 0.717) is 13.1 Å². The van der Waals surface area contributed by atoms with Crippen molar-refractivity contribution >= 4 is 17.9 Å². The molecule has 1 N–H and O–H groups in total. The second-order valence-corrected chi connectivity index (χ2v) is 6.60. The monoisotopic (exact) mass is 353 g/mol. The summed E-state index contributed by atoms with van der Waals surface area (Å²) in [5.41, 5.74) is 1.14. The van der Waals surface area contributed by atoms with Crippen LogP contribution in [0.5, 0.6) is 0 Å². The van der Waals surface area contributed by atoms with E-state index in [9.17, 15) is 9.59 Å². The van der Waals surface area contributed by atoms with E-state index in [0.717, 1.165) is 17.8 Å². The molecular formula is C19H19N3O4. The minimum Gasteiger partial charge on any atom is -0.478 e. The van der Waals surface area contributed by atoms with E-state index in [4.69, 9.17) is 9.84 Å². The number of amides is 1. The predicted octanol–water partition coefficient (Wildman–Crippen LogP) is 2.38. The average molecular weight is 353 g/mol. The van der Waals surface area contributed by atoms with Crippen LogP contribution in [0.1, 0.15) is 22.3 Å². The van der Waals surface area contributed by atoms with Gasteiger partial charge in [-0.05, 0) is 24.1 Å². The number of pyridine rings is 1. The number of carbonyl (C=O) groups is 2. The second-order valence-electron chi connectivity index (χ2n) is 6.60. The lowest BCUT2D eigenvalue weighted by Gasteiger charge is -2.34. The van der Waals surface area contributed by atoms with Crippen molar-refractivity contribution in [1.82, 2.24) is 9.88 Å². The molecule has 0 spiro atoms. The Kier molecular flexibility index (Phi) is 4.20. The molecule has 0 aliphatic carbocycles. The van der Waals surface area contributed by atoms with Crippen LogP contribution in [-0.4, -0.2) is 52.2 Å². The number of ether oxygens (including phenoxy) is 1. The van der Waals surface area contributed by atoms with Gasteiger partial charge in [0.05, 0.1) is 17.6 Å². The van der Waals surface area contributed by atoms with Crippen LogP contribution in [0.4, 0.5) is 10.6 Å². The Morgan fingerprint density at radius 2 is 1.92 bits per heavy atom. The van der Waals surface area contributed by atoms with Crippen LogP contribution < -0.4 is 4.90 Å². The first-order valence-corrected chi connectivity index (χ1v) is 8.55. The van der Waals surface area contributed by atoms with Crippen molar-refractivity contribution in [3.63, 3.8) is 0 Å². The van der Waals surface area contributed by atoms with Gasteiger partial charge in [0.1, 0.15) is 12.4 Å². The molecule has 1 aromatic heterocycles. The van der Waals surface area contributed by atoms with Crippen molar-refractivity contribution < 1.29 is 19.4 Å². The molecule has 1 unspecified atom stereocenters. The fourth-order valence-corrected chi connectivity index (χ4v) is 3.66. The number of carboxylic acids is 1. The molecule has 0 radical (unpaired) electrons. The summed E-state index contributed by atoms with van der Waals surface area (Å²) in [6.45, 7) is 1.56. The van der Waals surface area contributed by atoms with E-state index < -0.39 is 5.97 Å². The zero-order valence-electron chi connectivity index (χ0n) is 14.1. The quantitative estimate of drug-likeness (QED) is 0.909. The Hall–Kier alpha value is -3.09. The highest BCUT2D eigenvalue weighted by Crippen LogP contribution is 2.34. The Bertz CT molecular complexity index is 809. The molecule has 134 valence electrons. The molecule has 0 saturated carbocycles. The number of aromatic carboxylic acids is 1. The van der Waals surface area contributed by atoms with Gasteiger partial charge in [0, 0.05) is 19.3 Å². The van der Waals surface area contributed by atoms with E-state index in [1.54, 1.807) is 17.0 Å². The van der Waals surface area contributed by atoms with Crippen LogP contribution in [0.15, 0.2) is 48.7 Å². The van der Waals surface area contributed by atoms with Gasteiger partial charge in [-0.2, -0.15) is 0 Å². The number of rotatable bonds is 4. The summed E-state index contributed by atoms with van der Waals surface area (Å²) in [4.78, 5) is 31.5. The maximum Gasteiger partial charge on any atom is 0.410 e. The van der Waals surface area contributed by atoms with Gasteiger partial charge in [0.15, 0.2) is 0 Å². The molecule has 3 heterocycles. The van der Waals surface area contributed by atoms with Crippen molar-refractivity contribution in [2.45, 2.75) is 25.1 Å². The molecule has 2 aromatic rings. The van der Waals surface area contributed by atoms with Crippen molar-refractivity contribution in [2.24, 2.45) is 0 Å². The van der Waals surface area contributed by atoms with Gasteiger partial charge in [-0.3, -0.25) is 0 Å². The number of hydrogen-bond acceptors (Lipinski definition) is 5. The molecular weight excluding hydrogens is 334 g/mol. The third-order valence-corrected chi connectivity index (χ3v) is 4.97. The van der Waals surface area contributed by atoms with E-state index in [2.05, 4.69) is 9.88 Å². The smallest absolute Gasteiger partial charge is 0.410 e. The zero-order valence-corrected chi connectivity index (χ0v) is 14.1. The van der Waals surface area contributed by atoms with Gasteiger partial charge in [-0.1, -0.05) is 30.3 Å². The first kappa shape index (κ1) is 16.4. The molecule has 7 heteroatoms. The number of carbonyl (C=O) groups excluding carboxylic acids is 1. The van der Waals surface area contributed by atoms with Crippen LogP contribution in [0.3, 0.4) is 0 Å². The molecule has 2 bridgehead atoms. The summed E-state index contributed by atoms with van der Waals surface area (Å²) in [5, 5.41) is 8.96. The molecule has 1 aromatic carbocycles. The third kappa shape index (κ3) is 3.08.